The molecular weight excluding hydrogens is 321 g/mol. The number of sulfonamides is 1. The van der Waals surface area contributed by atoms with Gasteiger partial charge in [-0.3, -0.25) is 4.79 Å². The van der Waals surface area contributed by atoms with E-state index < -0.39 is 27.7 Å². The Balaban J connectivity index is 2.61. The molecule has 1 aromatic rings. The van der Waals surface area contributed by atoms with Gasteiger partial charge in [-0.15, -0.1) is 0 Å². The Morgan fingerprint density at radius 2 is 1.95 bits per heavy atom. The molecule has 1 amide bonds. The molecule has 0 fully saturated rings. The van der Waals surface area contributed by atoms with Crippen LogP contribution in [0, 0.1) is 0 Å². The van der Waals surface area contributed by atoms with Crippen LogP contribution in [0.5, 0.6) is 0 Å². The molecule has 0 saturated carbocycles. The number of halogens is 3. The number of likely N-dealkylation sites (N-methyl/N-ethyl adjacent to an activating group) is 1. The lowest BCUT2D eigenvalue weighted by molar-refractivity contribution is -0.137. The smallest absolute Gasteiger partial charge is 0.344 e. The number of rotatable bonds is 6. The van der Waals surface area contributed by atoms with E-state index in [9.17, 15) is 26.4 Å². The molecule has 0 heterocycles. The molecule has 124 valence electrons. The topological polar surface area (TPSA) is 66.5 Å². The van der Waals surface area contributed by atoms with Gasteiger partial charge in [0.2, 0.25) is 15.9 Å². The van der Waals surface area contributed by atoms with Gasteiger partial charge in [-0.25, -0.2) is 13.1 Å². The van der Waals surface area contributed by atoms with Gasteiger partial charge in [-0.05, 0) is 11.6 Å². The minimum atomic E-state index is -4.45. The van der Waals surface area contributed by atoms with Crippen LogP contribution in [0.4, 0.5) is 13.2 Å². The van der Waals surface area contributed by atoms with Crippen molar-refractivity contribution in [2.24, 2.45) is 0 Å². The van der Waals surface area contributed by atoms with Gasteiger partial charge >= 0.3 is 6.18 Å². The van der Waals surface area contributed by atoms with Gasteiger partial charge in [0.05, 0.1) is 18.2 Å². The Hall–Kier alpha value is -1.61. The second-order valence-electron chi connectivity index (χ2n) is 4.86. The quantitative estimate of drug-likeness (QED) is 0.849. The number of hydrogen-bond acceptors (Lipinski definition) is 3. The third-order valence-electron chi connectivity index (χ3n) is 2.85. The Labute approximate surface area is 127 Å². The lowest BCUT2D eigenvalue weighted by atomic mass is 10.1. The molecule has 0 aromatic heterocycles. The van der Waals surface area contributed by atoms with Crippen molar-refractivity contribution in [3.8, 4) is 0 Å². The highest BCUT2D eigenvalue weighted by molar-refractivity contribution is 7.88. The van der Waals surface area contributed by atoms with Crippen molar-refractivity contribution in [3.05, 3.63) is 35.4 Å². The number of benzene rings is 1. The molecule has 1 rings (SSSR count). The summed E-state index contributed by atoms with van der Waals surface area (Å²) in [5, 5.41) is 0. The summed E-state index contributed by atoms with van der Waals surface area (Å²) in [4.78, 5) is 13.2. The molecule has 5 nitrogen and oxygen atoms in total. The highest BCUT2D eigenvalue weighted by atomic mass is 32.2. The number of carbonyl (C=O) groups is 1. The zero-order valence-electron chi connectivity index (χ0n) is 12.1. The summed E-state index contributed by atoms with van der Waals surface area (Å²) >= 11 is 0. The van der Waals surface area contributed by atoms with Crippen LogP contribution in [0.25, 0.3) is 0 Å². The molecule has 0 aliphatic carbocycles. The van der Waals surface area contributed by atoms with E-state index >= 15 is 0 Å². The van der Waals surface area contributed by atoms with E-state index in [1.165, 1.54) is 24.1 Å². The Bertz CT molecular complexity index is 630. The van der Waals surface area contributed by atoms with Gasteiger partial charge in [0.15, 0.2) is 0 Å². The largest absolute Gasteiger partial charge is 0.416 e. The van der Waals surface area contributed by atoms with Crippen LogP contribution in [0.3, 0.4) is 0 Å². The molecule has 1 N–H and O–H groups in total. The first kappa shape index (κ1) is 18.4. The van der Waals surface area contributed by atoms with E-state index in [-0.39, 0.29) is 25.1 Å². The maximum absolute atomic E-state index is 12.6. The molecule has 0 radical (unpaired) electrons. The highest BCUT2D eigenvalue weighted by Gasteiger charge is 2.30. The molecule has 9 heteroatoms. The number of nitrogens with zero attached hydrogens (tertiary/aromatic N) is 1. The molecule has 0 aliphatic heterocycles. The van der Waals surface area contributed by atoms with Crippen molar-refractivity contribution < 1.29 is 26.4 Å². The predicted octanol–water partition coefficient (Wildman–Crippen LogP) is 1.26. The lowest BCUT2D eigenvalue weighted by Crippen LogP contribution is -2.36. The van der Waals surface area contributed by atoms with Crippen LogP contribution >= 0.6 is 0 Å². The Morgan fingerprint density at radius 3 is 2.50 bits per heavy atom. The van der Waals surface area contributed by atoms with E-state index in [4.69, 9.17) is 0 Å². The summed E-state index contributed by atoms with van der Waals surface area (Å²) < 4.78 is 61.7. The maximum atomic E-state index is 12.6. The van der Waals surface area contributed by atoms with Crippen molar-refractivity contribution in [1.82, 2.24) is 9.62 Å². The molecule has 0 unspecified atom stereocenters. The maximum Gasteiger partial charge on any atom is 0.416 e. The van der Waals surface area contributed by atoms with Crippen LogP contribution in [-0.2, 0) is 27.4 Å². The van der Waals surface area contributed by atoms with E-state index in [1.54, 1.807) is 0 Å². The second kappa shape index (κ2) is 7.10. The molecule has 1 aromatic carbocycles. The van der Waals surface area contributed by atoms with Crippen LogP contribution in [0.15, 0.2) is 24.3 Å². The fraction of sp³-hybridized carbons (Fsp3) is 0.462. The van der Waals surface area contributed by atoms with E-state index in [0.29, 0.717) is 0 Å². The Kier molecular flexibility index (Phi) is 5.95. The number of alkyl halides is 3. The summed E-state index contributed by atoms with van der Waals surface area (Å²) in [5.41, 5.74) is -0.554. The lowest BCUT2D eigenvalue weighted by Gasteiger charge is -2.17. The third-order valence-corrected chi connectivity index (χ3v) is 3.58. The highest BCUT2D eigenvalue weighted by Crippen LogP contribution is 2.29. The Morgan fingerprint density at radius 1 is 1.32 bits per heavy atom. The monoisotopic (exact) mass is 338 g/mol. The van der Waals surface area contributed by atoms with Crippen molar-refractivity contribution in [2.75, 3.05) is 26.4 Å². The summed E-state index contributed by atoms with van der Waals surface area (Å²) in [5.74, 6) is -0.394. The SMILES string of the molecule is CN(CCNS(C)(=O)=O)C(=O)Cc1cccc(C(F)(F)F)c1. The minimum absolute atomic E-state index is 0.0453. The first-order chi connectivity index (χ1) is 9.99. The average Bonchev–Trinajstić information content (AvgIpc) is 2.36. The summed E-state index contributed by atoms with van der Waals surface area (Å²) in [7, 11) is -1.88. The number of nitrogens with one attached hydrogen (secondary N) is 1. The van der Waals surface area contributed by atoms with Gasteiger partial charge in [0.1, 0.15) is 0 Å². The summed E-state index contributed by atoms with van der Waals surface area (Å²) in [6, 6.07) is 4.56. The molecular formula is C13H17F3N2O3S. The molecule has 0 aliphatic rings. The zero-order valence-corrected chi connectivity index (χ0v) is 13.0. The standard InChI is InChI=1S/C13H17F3N2O3S/c1-18(7-6-17-22(2,20)21)12(19)9-10-4-3-5-11(8-10)13(14,15)16/h3-5,8,17H,6-7,9H2,1-2H3. The predicted molar refractivity (Wildman–Crippen MR) is 75.6 cm³/mol. The van der Waals surface area contributed by atoms with Gasteiger partial charge < -0.3 is 4.90 Å². The fourth-order valence-corrected chi connectivity index (χ4v) is 2.15. The number of amides is 1. The van der Waals surface area contributed by atoms with Crippen molar-refractivity contribution >= 4 is 15.9 Å². The van der Waals surface area contributed by atoms with Crippen molar-refractivity contribution in [3.63, 3.8) is 0 Å². The van der Waals surface area contributed by atoms with Crippen LogP contribution in [0.1, 0.15) is 11.1 Å². The van der Waals surface area contributed by atoms with Crippen LogP contribution < -0.4 is 4.72 Å². The first-order valence-corrected chi connectivity index (χ1v) is 8.23. The van der Waals surface area contributed by atoms with E-state index in [0.717, 1.165) is 18.4 Å². The summed E-state index contributed by atoms with van der Waals surface area (Å²) in [6.07, 6.45) is -3.64. The average molecular weight is 338 g/mol. The van der Waals surface area contributed by atoms with E-state index in [2.05, 4.69) is 4.72 Å². The van der Waals surface area contributed by atoms with Gasteiger partial charge in [-0.1, -0.05) is 18.2 Å². The van der Waals surface area contributed by atoms with Gasteiger partial charge in [0.25, 0.3) is 0 Å². The molecule has 0 spiro atoms. The van der Waals surface area contributed by atoms with Crippen molar-refractivity contribution in [1.29, 1.82) is 0 Å². The van der Waals surface area contributed by atoms with Crippen LogP contribution in [-0.4, -0.2) is 45.6 Å². The van der Waals surface area contributed by atoms with Crippen LogP contribution in [0.2, 0.25) is 0 Å². The van der Waals surface area contributed by atoms with Gasteiger partial charge in [0, 0.05) is 20.1 Å². The van der Waals surface area contributed by atoms with Crippen molar-refractivity contribution in [2.45, 2.75) is 12.6 Å². The summed E-state index contributed by atoms with van der Waals surface area (Å²) in [6.45, 7) is 0.175. The minimum Gasteiger partial charge on any atom is -0.344 e. The first-order valence-electron chi connectivity index (χ1n) is 6.34. The van der Waals surface area contributed by atoms with Gasteiger partial charge in [-0.2, -0.15) is 13.2 Å². The second-order valence-corrected chi connectivity index (χ2v) is 6.69. The molecule has 0 atom stereocenters. The third kappa shape index (κ3) is 6.44. The molecule has 0 bridgehead atoms. The number of carbonyl (C=O) groups excluding carboxylic acids is 1. The molecule has 22 heavy (non-hydrogen) atoms. The number of hydrogen-bond donors (Lipinski definition) is 1. The zero-order chi connectivity index (χ0) is 17.0. The molecule has 0 saturated heterocycles. The normalized spacial score (nSPS) is 12.2. The fourth-order valence-electron chi connectivity index (χ4n) is 1.69. The van der Waals surface area contributed by atoms with E-state index in [1.807, 2.05) is 0 Å².